The van der Waals surface area contributed by atoms with Gasteiger partial charge in [0.2, 0.25) is 0 Å². The van der Waals surface area contributed by atoms with Crippen molar-refractivity contribution in [2.24, 2.45) is 5.10 Å². The summed E-state index contributed by atoms with van der Waals surface area (Å²) in [7, 11) is -4.07. The zero-order valence-corrected chi connectivity index (χ0v) is 20.3. The van der Waals surface area contributed by atoms with E-state index in [9.17, 15) is 17.6 Å². The third kappa shape index (κ3) is 6.36. The highest BCUT2D eigenvalue weighted by molar-refractivity contribution is 7.98. The number of thioether (sulfide) groups is 1. The summed E-state index contributed by atoms with van der Waals surface area (Å²) >= 11 is 1.49. The topological polar surface area (TPSA) is 88.1 Å². The van der Waals surface area contributed by atoms with Gasteiger partial charge in [0.1, 0.15) is 18.1 Å². The van der Waals surface area contributed by atoms with Crippen molar-refractivity contribution in [1.29, 1.82) is 0 Å². The standard InChI is InChI=1S/C24H24FN3O4S2/c1-3-32-20-10-8-19(9-11-20)28(34(30,31)22-14-12-21(33-2)13-15-22)17-24(29)27-26-16-18-6-4-5-7-23(18)25/h4-16H,3,17H2,1-2H3,(H,27,29)/b26-16-. The van der Waals surface area contributed by atoms with Gasteiger partial charge < -0.3 is 4.74 Å². The molecule has 0 atom stereocenters. The van der Waals surface area contributed by atoms with E-state index >= 15 is 0 Å². The van der Waals surface area contributed by atoms with Crippen LogP contribution < -0.4 is 14.5 Å². The maximum atomic E-state index is 13.7. The molecule has 178 valence electrons. The summed E-state index contributed by atoms with van der Waals surface area (Å²) in [5, 5.41) is 3.76. The number of ether oxygens (including phenoxy) is 1. The number of hydrogen-bond acceptors (Lipinski definition) is 6. The molecule has 0 aliphatic rings. The van der Waals surface area contributed by atoms with Crippen molar-refractivity contribution in [3.63, 3.8) is 0 Å². The zero-order valence-electron chi connectivity index (χ0n) is 18.6. The number of carbonyl (C=O) groups is 1. The van der Waals surface area contributed by atoms with Gasteiger partial charge in [-0.15, -0.1) is 11.8 Å². The Kier molecular flexibility index (Phi) is 8.67. The van der Waals surface area contributed by atoms with E-state index in [1.165, 1.54) is 42.1 Å². The second-order valence-electron chi connectivity index (χ2n) is 6.93. The molecule has 0 aliphatic carbocycles. The quantitative estimate of drug-likeness (QED) is 0.254. The maximum absolute atomic E-state index is 13.7. The van der Waals surface area contributed by atoms with Crippen molar-refractivity contribution in [1.82, 2.24) is 5.43 Å². The van der Waals surface area contributed by atoms with E-state index in [1.807, 2.05) is 13.2 Å². The number of amides is 1. The molecule has 3 aromatic carbocycles. The van der Waals surface area contributed by atoms with Gasteiger partial charge in [-0.05, 0) is 67.8 Å². The molecular formula is C24H24FN3O4S2. The molecule has 0 radical (unpaired) electrons. The summed E-state index contributed by atoms with van der Waals surface area (Å²) in [6.07, 6.45) is 3.05. The third-order valence-electron chi connectivity index (χ3n) is 4.67. The lowest BCUT2D eigenvalue weighted by Gasteiger charge is -2.24. The fraction of sp³-hybridized carbons (Fsp3) is 0.167. The number of hydrazone groups is 1. The Hall–Kier alpha value is -3.37. The van der Waals surface area contributed by atoms with Crippen LogP contribution in [-0.4, -0.2) is 39.9 Å². The van der Waals surface area contributed by atoms with Gasteiger partial charge in [0.05, 0.1) is 23.4 Å². The van der Waals surface area contributed by atoms with E-state index < -0.39 is 28.3 Å². The second kappa shape index (κ2) is 11.7. The van der Waals surface area contributed by atoms with Gasteiger partial charge in [-0.1, -0.05) is 18.2 Å². The number of rotatable bonds is 10. The summed E-state index contributed by atoms with van der Waals surface area (Å²) in [5.41, 5.74) is 2.73. The molecule has 34 heavy (non-hydrogen) atoms. The molecule has 0 aliphatic heterocycles. The van der Waals surface area contributed by atoms with E-state index in [-0.39, 0.29) is 16.1 Å². The lowest BCUT2D eigenvalue weighted by atomic mass is 10.2. The van der Waals surface area contributed by atoms with Crippen LogP contribution in [0.2, 0.25) is 0 Å². The Morgan fingerprint density at radius 2 is 1.76 bits per heavy atom. The van der Waals surface area contributed by atoms with E-state index in [4.69, 9.17) is 4.74 Å². The molecule has 3 aromatic rings. The summed E-state index contributed by atoms with van der Waals surface area (Å²) in [4.78, 5) is 13.5. The molecule has 0 heterocycles. The maximum Gasteiger partial charge on any atom is 0.264 e. The lowest BCUT2D eigenvalue weighted by molar-refractivity contribution is -0.119. The molecule has 1 amide bonds. The molecule has 7 nitrogen and oxygen atoms in total. The fourth-order valence-electron chi connectivity index (χ4n) is 2.98. The zero-order chi connectivity index (χ0) is 24.6. The molecule has 0 spiro atoms. The average molecular weight is 502 g/mol. The minimum Gasteiger partial charge on any atom is -0.494 e. The van der Waals surface area contributed by atoms with E-state index in [0.717, 1.165) is 15.4 Å². The first-order chi connectivity index (χ1) is 16.3. The first kappa shape index (κ1) is 25.3. The van der Waals surface area contributed by atoms with Crippen molar-refractivity contribution < 1.29 is 22.3 Å². The van der Waals surface area contributed by atoms with Crippen molar-refractivity contribution >= 4 is 39.6 Å². The van der Waals surface area contributed by atoms with Crippen LogP contribution in [0.3, 0.4) is 0 Å². The van der Waals surface area contributed by atoms with Gasteiger partial charge in [-0.2, -0.15) is 5.10 Å². The number of anilines is 1. The van der Waals surface area contributed by atoms with Crippen LogP contribution in [0.15, 0.2) is 87.7 Å². The summed E-state index contributed by atoms with van der Waals surface area (Å²) in [6.45, 7) is 1.77. The molecular weight excluding hydrogens is 477 g/mol. The first-order valence-electron chi connectivity index (χ1n) is 10.3. The average Bonchev–Trinajstić information content (AvgIpc) is 2.84. The molecule has 10 heteroatoms. The number of benzene rings is 3. The van der Waals surface area contributed by atoms with Crippen LogP contribution in [-0.2, 0) is 14.8 Å². The predicted molar refractivity (Wildman–Crippen MR) is 133 cm³/mol. The van der Waals surface area contributed by atoms with Crippen LogP contribution in [0.1, 0.15) is 12.5 Å². The number of nitrogens with zero attached hydrogens (tertiary/aromatic N) is 2. The number of hydrogen-bond donors (Lipinski definition) is 1. The van der Waals surface area contributed by atoms with E-state index in [2.05, 4.69) is 10.5 Å². The molecule has 0 saturated heterocycles. The molecule has 1 N–H and O–H groups in total. The van der Waals surface area contributed by atoms with Gasteiger partial charge in [0.15, 0.2) is 0 Å². The number of sulfonamides is 1. The van der Waals surface area contributed by atoms with E-state index in [0.29, 0.717) is 12.4 Å². The molecule has 0 aromatic heterocycles. The largest absolute Gasteiger partial charge is 0.494 e. The smallest absolute Gasteiger partial charge is 0.264 e. The van der Waals surface area contributed by atoms with Gasteiger partial charge >= 0.3 is 0 Å². The summed E-state index contributed by atoms with van der Waals surface area (Å²) in [5.74, 6) is -0.606. The molecule has 0 unspecified atom stereocenters. The second-order valence-corrected chi connectivity index (χ2v) is 9.67. The summed E-state index contributed by atoms with van der Waals surface area (Å²) < 4.78 is 47.0. The number of nitrogens with one attached hydrogen (secondary N) is 1. The van der Waals surface area contributed by atoms with Crippen molar-refractivity contribution in [2.45, 2.75) is 16.7 Å². The van der Waals surface area contributed by atoms with Crippen LogP contribution in [0.4, 0.5) is 10.1 Å². The Morgan fingerprint density at radius 3 is 2.38 bits per heavy atom. The summed E-state index contributed by atoms with van der Waals surface area (Å²) in [6, 6.07) is 18.7. The number of carbonyl (C=O) groups excluding carboxylic acids is 1. The van der Waals surface area contributed by atoms with Crippen molar-refractivity contribution in [2.75, 3.05) is 23.7 Å². The highest BCUT2D eigenvalue weighted by atomic mass is 32.2. The van der Waals surface area contributed by atoms with Crippen LogP contribution in [0, 0.1) is 5.82 Å². The molecule has 0 bridgehead atoms. The Bertz CT molecular complexity index is 1250. The normalized spacial score (nSPS) is 11.4. The monoisotopic (exact) mass is 501 g/mol. The Balaban J connectivity index is 1.86. The third-order valence-corrected chi connectivity index (χ3v) is 7.20. The highest BCUT2D eigenvalue weighted by Gasteiger charge is 2.27. The first-order valence-corrected chi connectivity index (χ1v) is 13.0. The van der Waals surface area contributed by atoms with Gasteiger partial charge in [0, 0.05) is 10.5 Å². The van der Waals surface area contributed by atoms with Crippen LogP contribution >= 0.6 is 11.8 Å². The minimum absolute atomic E-state index is 0.0434. The van der Waals surface area contributed by atoms with Gasteiger partial charge in [0.25, 0.3) is 15.9 Å². The SMILES string of the molecule is CCOc1ccc(N(CC(=O)N/N=C\c2ccccc2F)S(=O)(=O)c2ccc(SC)cc2)cc1. The molecule has 3 rings (SSSR count). The molecule has 0 fully saturated rings. The Labute approximate surface area is 202 Å². The fourth-order valence-corrected chi connectivity index (χ4v) is 4.81. The highest BCUT2D eigenvalue weighted by Crippen LogP contribution is 2.27. The minimum atomic E-state index is -4.07. The van der Waals surface area contributed by atoms with Crippen LogP contribution in [0.25, 0.3) is 0 Å². The van der Waals surface area contributed by atoms with Gasteiger partial charge in [-0.3, -0.25) is 9.10 Å². The van der Waals surface area contributed by atoms with Crippen molar-refractivity contribution in [3.05, 3.63) is 84.2 Å². The van der Waals surface area contributed by atoms with Gasteiger partial charge in [-0.25, -0.2) is 18.2 Å². The van der Waals surface area contributed by atoms with Crippen molar-refractivity contribution in [3.8, 4) is 5.75 Å². The predicted octanol–water partition coefficient (Wildman–Crippen LogP) is 4.29. The molecule has 0 saturated carbocycles. The van der Waals surface area contributed by atoms with Crippen LogP contribution in [0.5, 0.6) is 5.75 Å². The van der Waals surface area contributed by atoms with E-state index in [1.54, 1.807) is 42.5 Å². The number of halogens is 1. The Morgan fingerprint density at radius 1 is 1.09 bits per heavy atom. The lowest BCUT2D eigenvalue weighted by Crippen LogP contribution is -2.39.